The molecule has 1 fully saturated rings. The van der Waals surface area contributed by atoms with Gasteiger partial charge in [-0.1, -0.05) is 17.7 Å². The molecule has 1 spiro atoms. The lowest BCUT2D eigenvalue weighted by Gasteiger charge is -2.39. The van der Waals surface area contributed by atoms with E-state index in [0.717, 1.165) is 30.3 Å². The van der Waals surface area contributed by atoms with Gasteiger partial charge in [0.15, 0.2) is 0 Å². The molecule has 1 aromatic heterocycles. The van der Waals surface area contributed by atoms with Crippen LogP contribution in [0.1, 0.15) is 35.2 Å². The standard InChI is InChI=1S/C19H17FN4O/c1-23-15-7-6-12(10-14(15)21-22-23)18(25)24-11-19(8-3-9-19)17-13(20)4-2-5-16(17)24/h2,4-7,10H,3,8-9,11H2,1H3. The molecule has 0 N–H and O–H groups in total. The molecule has 5 rings (SSSR count). The van der Waals surface area contributed by atoms with E-state index in [1.807, 2.05) is 19.2 Å². The van der Waals surface area contributed by atoms with Gasteiger partial charge in [0.25, 0.3) is 5.91 Å². The van der Waals surface area contributed by atoms with Crippen LogP contribution in [0.5, 0.6) is 0 Å². The zero-order valence-corrected chi connectivity index (χ0v) is 13.9. The molecular weight excluding hydrogens is 319 g/mol. The predicted molar refractivity (Wildman–Crippen MR) is 92.1 cm³/mol. The van der Waals surface area contributed by atoms with Crippen LogP contribution >= 0.6 is 0 Å². The third kappa shape index (κ3) is 1.91. The largest absolute Gasteiger partial charge is 0.307 e. The summed E-state index contributed by atoms with van der Waals surface area (Å²) in [5, 5.41) is 8.06. The topological polar surface area (TPSA) is 51.0 Å². The van der Waals surface area contributed by atoms with Crippen LogP contribution in [-0.2, 0) is 12.5 Å². The number of fused-ring (bicyclic) bond motifs is 3. The van der Waals surface area contributed by atoms with Gasteiger partial charge in [-0.2, -0.15) is 0 Å². The summed E-state index contributed by atoms with van der Waals surface area (Å²) >= 11 is 0. The van der Waals surface area contributed by atoms with E-state index >= 15 is 0 Å². The number of carbonyl (C=O) groups excluding carboxylic acids is 1. The van der Waals surface area contributed by atoms with Crippen molar-refractivity contribution in [2.24, 2.45) is 7.05 Å². The summed E-state index contributed by atoms with van der Waals surface area (Å²) in [6.45, 7) is 0.556. The average molecular weight is 336 g/mol. The Morgan fingerprint density at radius 2 is 2.08 bits per heavy atom. The van der Waals surface area contributed by atoms with Gasteiger partial charge in [0, 0.05) is 30.1 Å². The maximum Gasteiger partial charge on any atom is 0.258 e. The quantitative estimate of drug-likeness (QED) is 0.686. The maximum atomic E-state index is 14.5. The molecular formula is C19H17FN4O. The summed E-state index contributed by atoms with van der Waals surface area (Å²) in [6, 6.07) is 10.4. The Morgan fingerprint density at radius 1 is 1.24 bits per heavy atom. The number of benzene rings is 2. The smallest absolute Gasteiger partial charge is 0.258 e. The molecule has 0 saturated heterocycles. The Hall–Kier alpha value is -2.76. The highest BCUT2D eigenvalue weighted by atomic mass is 19.1. The molecule has 3 aromatic rings. The highest BCUT2D eigenvalue weighted by Crippen LogP contribution is 2.53. The van der Waals surface area contributed by atoms with Crippen molar-refractivity contribution in [3.63, 3.8) is 0 Å². The van der Waals surface area contributed by atoms with Crippen molar-refractivity contribution in [3.05, 3.63) is 53.3 Å². The lowest BCUT2D eigenvalue weighted by molar-refractivity contribution is 0.0979. The van der Waals surface area contributed by atoms with Crippen LogP contribution in [-0.4, -0.2) is 27.4 Å². The number of aromatic nitrogens is 3. The summed E-state index contributed by atoms with van der Waals surface area (Å²) in [5.74, 6) is -0.306. The third-order valence-corrected chi connectivity index (χ3v) is 5.69. The third-order valence-electron chi connectivity index (χ3n) is 5.69. The number of rotatable bonds is 1. The number of halogens is 1. The molecule has 0 atom stereocenters. The lowest BCUT2D eigenvalue weighted by Crippen LogP contribution is -2.41. The monoisotopic (exact) mass is 336 g/mol. The number of carbonyl (C=O) groups is 1. The summed E-state index contributed by atoms with van der Waals surface area (Å²) in [6.07, 6.45) is 2.96. The molecule has 126 valence electrons. The van der Waals surface area contributed by atoms with E-state index in [4.69, 9.17) is 0 Å². The highest BCUT2D eigenvalue weighted by Gasteiger charge is 2.50. The molecule has 1 amide bonds. The van der Waals surface area contributed by atoms with Crippen LogP contribution in [0.25, 0.3) is 11.0 Å². The number of nitrogens with zero attached hydrogens (tertiary/aromatic N) is 4. The van der Waals surface area contributed by atoms with Gasteiger partial charge in [0.2, 0.25) is 0 Å². The number of amides is 1. The summed E-state index contributed by atoms with van der Waals surface area (Å²) < 4.78 is 16.2. The first-order valence-electron chi connectivity index (χ1n) is 8.49. The van der Waals surface area contributed by atoms with Crippen LogP contribution in [0.2, 0.25) is 0 Å². The molecule has 5 nitrogen and oxygen atoms in total. The number of hydrogen-bond acceptors (Lipinski definition) is 3. The Balaban J connectivity index is 1.59. The molecule has 0 radical (unpaired) electrons. The fraction of sp³-hybridized carbons (Fsp3) is 0.316. The average Bonchev–Trinajstić information content (AvgIpc) is 3.13. The minimum atomic E-state index is -0.201. The van der Waals surface area contributed by atoms with Gasteiger partial charge in [-0.25, -0.2) is 9.07 Å². The molecule has 2 heterocycles. The van der Waals surface area contributed by atoms with E-state index in [9.17, 15) is 9.18 Å². The molecule has 2 aromatic carbocycles. The van der Waals surface area contributed by atoms with E-state index in [-0.39, 0.29) is 17.1 Å². The fourth-order valence-corrected chi connectivity index (χ4v) is 4.25. The van der Waals surface area contributed by atoms with Gasteiger partial charge in [0.1, 0.15) is 11.3 Å². The van der Waals surface area contributed by atoms with Crippen molar-refractivity contribution >= 4 is 22.6 Å². The molecule has 0 bridgehead atoms. The Kier molecular flexibility index (Phi) is 2.84. The minimum absolute atomic E-state index is 0.108. The van der Waals surface area contributed by atoms with Crippen molar-refractivity contribution < 1.29 is 9.18 Å². The van der Waals surface area contributed by atoms with Crippen molar-refractivity contribution in [2.45, 2.75) is 24.7 Å². The van der Waals surface area contributed by atoms with Gasteiger partial charge >= 0.3 is 0 Å². The zero-order chi connectivity index (χ0) is 17.2. The highest BCUT2D eigenvalue weighted by molar-refractivity contribution is 6.09. The van der Waals surface area contributed by atoms with Crippen LogP contribution in [0.3, 0.4) is 0 Å². The van der Waals surface area contributed by atoms with E-state index in [2.05, 4.69) is 10.3 Å². The molecule has 2 aliphatic rings. The van der Waals surface area contributed by atoms with Gasteiger partial charge in [-0.3, -0.25) is 4.79 Å². The second-order valence-electron chi connectivity index (χ2n) is 7.08. The van der Waals surface area contributed by atoms with Crippen molar-refractivity contribution in [2.75, 3.05) is 11.4 Å². The van der Waals surface area contributed by atoms with Crippen LogP contribution in [0.15, 0.2) is 36.4 Å². The predicted octanol–water partition coefficient (Wildman–Crippen LogP) is 3.19. The van der Waals surface area contributed by atoms with Crippen molar-refractivity contribution in [3.8, 4) is 0 Å². The molecule has 1 aliphatic carbocycles. The van der Waals surface area contributed by atoms with Crippen LogP contribution in [0, 0.1) is 5.82 Å². The van der Waals surface area contributed by atoms with Gasteiger partial charge in [0.05, 0.1) is 11.2 Å². The first-order chi connectivity index (χ1) is 12.1. The summed E-state index contributed by atoms with van der Waals surface area (Å²) in [7, 11) is 1.82. The van der Waals surface area contributed by atoms with E-state index in [0.29, 0.717) is 23.3 Å². The Morgan fingerprint density at radius 3 is 2.84 bits per heavy atom. The number of aryl methyl sites for hydroxylation is 1. The Bertz CT molecular complexity index is 1020. The first-order valence-corrected chi connectivity index (χ1v) is 8.49. The van der Waals surface area contributed by atoms with E-state index in [1.54, 1.807) is 27.8 Å². The van der Waals surface area contributed by atoms with Crippen molar-refractivity contribution in [1.82, 2.24) is 15.0 Å². The summed E-state index contributed by atoms with van der Waals surface area (Å²) in [4.78, 5) is 14.9. The first kappa shape index (κ1) is 14.6. The normalized spacial score (nSPS) is 17.8. The van der Waals surface area contributed by atoms with Crippen LogP contribution in [0.4, 0.5) is 10.1 Å². The van der Waals surface area contributed by atoms with E-state index < -0.39 is 0 Å². The number of anilines is 1. The minimum Gasteiger partial charge on any atom is -0.307 e. The van der Waals surface area contributed by atoms with Gasteiger partial charge in [-0.15, -0.1) is 5.10 Å². The molecule has 1 aliphatic heterocycles. The van der Waals surface area contributed by atoms with E-state index in [1.165, 1.54) is 6.07 Å². The van der Waals surface area contributed by atoms with Gasteiger partial charge in [-0.05, 0) is 43.2 Å². The second-order valence-corrected chi connectivity index (χ2v) is 7.08. The van der Waals surface area contributed by atoms with Crippen molar-refractivity contribution in [1.29, 1.82) is 0 Å². The van der Waals surface area contributed by atoms with Gasteiger partial charge < -0.3 is 4.90 Å². The molecule has 6 heteroatoms. The molecule has 0 unspecified atom stereocenters. The lowest BCUT2D eigenvalue weighted by atomic mass is 9.65. The molecule has 1 saturated carbocycles. The zero-order valence-electron chi connectivity index (χ0n) is 13.9. The summed E-state index contributed by atoms with van der Waals surface area (Å²) in [5.41, 5.74) is 3.34. The fourth-order valence-electron chi connectivity index (χ4n) is 4.25. The van der Waals surface area contributed by atoms with Crippen LogP contribution < -0.4 is 4.90 Å². The second kappa shape index (κ2) is 4.88. The SMILES string of the molecule is Cn1nnc2cc(C(=O)N3CC4(CCC4)c4c(F)cccc43)ccc21. The number of hydrogen-bond donors (Lipinski definition) is 0. The maximum absolute atomic E-state index is 14.5. The Labute approximate surface area is 144 Å². The molecule has 25 heavy (non-hydrogen) atoms.